The molecule has 184 valence electrons. The fourth-order valence-electron chi connectivity index (χ4n) is 3.75. The molecule has 0 aliphatic rings. The number of anilines is 4. The van der Waals surface area contributed by atoms with E-state index in [0.717, 1.165) is 22.5 Å². The molecule has 0 spiro atoms. The van der Waals surface area contributed by atoms with Gasteiger partial charge in [0.1, 0.15) is 23.2 Å². The third kappa shape index (κ3) is 5.38. The summed E-state index contributed by atoms with van der Waals surface area (Å²) in [5, 5.41) is 8.80. The van der Waals surface area contributed by atoms with Crippen LogP contribution in [0, 0.1) is 6.92 Å². The molecule has 10 nitrogen and oxygen atoms in total. The number of furan rings is 1. The maximum Gasteiger partial charge on any atom is 0.324 e. The Morgan fingerprint density at radius 2 is 1.57 bits per heavy atom. The second-order valence-electron chi connectivity index (χ2n) is 8.34. The average molecular weight is 494 g/mol. The number of aromatic nitrogens is 3. The summed E-state index contributed by atoms with van der Waals surface area (Å²) < 4.78 is 5.73. The zero-order valence-electron chi connectivity index (χ0n) is 20.1. The normalized spacial score (nSPS) is 10.8. The Labute approximate surface area is 212 Å². The Morgan fingerprint density at radius 3 is 2.22 bits per heavy atom. The summed E-state index contributed by atoms with van der Waals surface area (Å²) in [7, 11) is 0. The van der Waals surface area contributed by atoms with Gasteiger partial charge in [-0.1, -0.05) is 6.07 Å². The lowest BCUT2D eigenvalue weighted by atomic mass is 10.1. The molecule has 0 radical (unpaired) electrons. The van der Waals surface area contributed by atoms with Crippen molar-refractivity contribution in [1.29, 1.82) is 0 Å². The number of hydrogen-bond donors (Lipinski definition) is 4. The minimum atomic E-state index is -0.459. The van der Waals surface area contributed by atoms with Crippen molar-refractivity contribution in [1.82, 2.24) is 15.0 Å². The molecule has 0 saturated carbocycles. The number of aryl methyl sites for hydroxylation is 1. The van der Waals surface area contributed by atoms with Crippen LogP contribution < -0.4 is 21.7 Å². The van der Waals surface area contributed by atoms with Crippen LogP contribution in [0.25, 0.3) is 33.6 Å². The predicted molar refractivity (Wildman–Crippen MR) is 143 cm³/mol. The van der Waals surface area contributed by atoms with E-state index in [1.807, 2.05) is 37.3 Å². The molecule has 0 saturated heterocycles. The molecule has 3 heterocycles. The van der Waals surface area contributed by atoms with Crippen molar-refractivity contribution in [3.8, 4) is 22.7 Å². The number of rotatable bonds is 5. The van der Waals surface area contributed by atoms with Gasteiger partial charge in [0.2, 0.25) is 5.91 Å². The van der Waals surface area contributed by atoms with Crippen LogP contribution in [0.15, 0.2) is 77.3 Å². The number of pyridine rings is 1. The second kappa shape index (κ2) is 9.78. The monoisotopic (exact) mass is 493 g/mol. The molecular weight excluding hydrogens is 470 g/mol. The number of carbonyl (C=O) groups excluding carboxylic acids is 2. The number of nitrogen functional groups attached to an aromatic ring is 1. The standard InChI is InChI=1S/C27H23N7O3/c1-15-3-11-23(37-15)17-4-10-21-22(13-17)32-26(34-25(21)28)18-5-12-24(29-14-18)33-27(36)31-20-8-6-19(7-9-20)30-16(2)35/h3-14H,1-2H3,(H,30,35)(H2,28,32,34)(H2,29,31,33,36). The first-order valence-electron chi connectivity index (χ1n) is 11.4. The lowest BCUT2D eigenvalue weighted by molar-refractivity contribution is -0.114. The number of benzene rings is 2. The van der Waals surface area contributed by atoms with E-state index < -0.39 is 6.03 Å². The van der Waals surface area contributed by atoms with E-state index >= 15 is 0 Å². The number of fused-ring (bicyclic) bond motifs is 1. The Morgan fingerprint density at radius 1 is 0.838 bits per heavy atom. The number of nitrogens with zero attached hydrogens (tertiary/aromatic N) is 3. The number of hydrogen-bond acceptors (Lipinski definition) is 7. The summed E-state index contributed by atoms with van der Waals surface area (Å²) in [5.74, 6) is 2.52. The van der Waals surface area contributed by atoms with Crippen molar-refractivity contribution in [3.05, 3.63) is 78.7 Å². The molecule has 5 rings (SSSR count). The topological polar surface area (TPSA) is 148 Å². The zero-order chi connectivity index (χ0) is 25.9. The molecule has 0 aliphatic carbocycles. The Bertz CT molecular complexity index is 1610. The van der Waals surface area contributed by atoms with E-state index in [-0.39, 0.29) is 5.91 Å². The highest BCUT2D eigenvalue weighted by Gasteiger charge is 2.12. The third-order valence-electron chi connectivity index (χ3n) is 5.48. The summed E-state index contributed by atoms with van der Waals surface area (Å²) >= 11 is 0. The number of nitrogens with one attached hydrogen (secondary N) is 3. The van der Waals surface area contributed by atoms with Gasteiger partial charge in [0.15, 0.2) is 5.82 Å². The minimum Gasteiger partial charge on any atom is -0.461 e. The van der Waals surface area contributed by atoms with Crippen molar-refractivity contribution in [2.75, 3.05) is 21.7 Å². The van der Waals surface area contributed by atoms with E-state index in [2.05, 4.69) is 30.9 Å². The van der Waals surface area contributed by atoms with Crippen LogP contribution in [-0.4, -0.2) is 26.9 Å². The molecule has 5 aromatic rings. The quantitative estimate of drug-likeness (QED) is 0.255. The molecule has 2 aromatic carbocycles. The molecule has 10 heteroatoms. The smallest absolute Gasteiger partial charge is 0.324 e. The van der Waals surface area contributed by atoms with Gasteiger partial charge in [0.25, 0.3) is 0 Å². The highest BCUT2D eigenvalue weighted by atomic mass is 16.3. The summed E-state index contributed by atoms with van der Waals surface area (Å²) in [4.78, 5) is 36.9. The molecule has 3 amide bonds. The minimum absolute atomic E-state index is 0.168. The molecule has 37 heavy (non-hydrogen) atoms. The summed E-state index contributed by atoms with van der Waals surface area (Å²) in [5.41, 5.74) is 9.62. The van der Waals surface area contributed by atoms with Gasteiger partial charge in [-0.2, -0.15) is 0 Å². The highest BCUT2D eigenvalue weighted by Crippen LogP contribution is 2.29. The fourth-order valence-corrected chi connectivity index (χ4v) is 3.75. The molecule has 3 aromatic heterocycles. The Kier molecular flexibility index (Phi) is 6.21. The Balaban J connectivity index is 1.30. The first-order valence-corrected chi connectivity index (χ1v) is 11.4. The predicted octanol–water partition coefficient (Wildman–Crippen LogP) is 5.44. The number of carbonyl (C=O) groups is 2. The van der Waals surface area contributed by atoms with Crippen molar-refractivity contribution < 1.29 is 14.0 Å². The average Bonchev–Trinajstić information content (AvgIpc) is 3.31. The van der Waals surface area contributed by atoms with Crippen LogP contribution in [0.5, 0.6) is 0 Å². The molecule has 0 bridgehead atoms. The van der Waals surface area contributed by atoms with Gasteiger partial charge in [-0.15, -0.1) is 0 Å². The number of urea groups is 1. The van der Waals surface area contributed by atoms with E-state index in [9.17, 15) is 9.59 Å². The van der Waals surface area contributed by atoms with Crippen molar-refractivity contribution >= 4 is 45.9 Å². The first-order chi connectivity index (χ1) is 17.8. The number of amides is 3. The van der Waals surface area contributed by atoms with Gasteiger partial charge in [-0.25, -0.2) is 19.7 Å². The van der Waals surface area contributed by atoms with Crippen LogP contribution in [-0.2, 0) is 4.79 Å². The van der Waals surface area contributed by atoms with Gasteiger partial charge in [0.05, 0.1) is 5.52 Å². The third-order valence-corrected chi connectivity index (χ3v) is 5.48. The maximum absolute atomic E-state index is 12.4. The molecule has 5 N–H and O–H groups in total. The molecule has 0 fully saturated rings. The maximum atomic E-state index is 12.4. The highest BCUT2D eigenvalue weighted by molar-refractivity contribution is 5.99. The first kappa shape index (κ1) is 23.5. The van der Waals surface area contributed by atoms with Gasteiger partial charge >= 0.3 is 6.03 Å². The van der Waals surface area contributed by atoms with Crippen LogP contribution in [0.1, 0.15) is 12.7 Å². The Hall–Kier alpha value is -5.25. The van der Waals surface area contributed by atoms with E-state index in [0.29, 0.717) is 39.9 Å². The van der Waals surface area contributed by atoms with Crippen LogP contribution in [0.3, 0.4) is 0 Å². The lowest BCUT2D eigenvalue weighted by Gasteiger charge is -2.09. The van der Waals surface area contributed by atoms with Crippen LogP contribution >= 0.6 is 0 Å². The van der Waals surface area contributed by atoms with E-state index in [1.54, 1.807) is 42.6 Å². The number of nitrogens with two attached hydrogens (primary N) is 1. The van der Waals surface area contributed by atoms with Crippen molar-refractivity contribution in [2.24, 2.45) is 0 Å². The largest absolute Gasteiger partial charge is 0.461 e. The van der Waals surface area contributed by atoms with Gasteiger partial charge in [-0.05, 0) is 67.6 Å². The summed E-state index contributed by atoms with van der Waals surface area (Å²) in [6.45, 7) is 3.32. The second-order valence-corrected chi connectivity index (χ2v) is 8.34. The fraction of sp³-hybridized carbons (Fsp3) is 0.0741. The SMILES string of the molecule is CC(=O)Nc1ccc(NC(=O)Nc2ccc(-c3nc(N)c4ccc(-c5ccc(C)o5)cc4n3)cn2)cc1. The van der Waals surface area contributed by atoms with Crippen molar-refractivity contribution in [3.63, 3.8) is 0 Å². The molecule has 0 atom stereocenters. The molecule has 0 aliphatic heterocycles. The van der Waals surface area contributed by atoms with Gasteiger partial charge < -0.3 is 20.8 Å². The molecule has 0 unspecified atom stereocenters. The summed E-state index contributed by atoms with van der Waals surface area (Å²) in [6, 6.07) is 19.2. The van der Waals surface area contributed by atoms with Gasteiger partial charge in [-0.3, -0.25) is 10.1 Å². The lowest BCUT2D eigenvalue weighted by Crippen LogP contribution is -2.20. The van der Waals surface area contributed by atoms with Crippen molar-refractivity contribution in [2.45, 2.75) is 13.8 Å². The van der Waals surface area contributed by atoms with E-state index in [4.69, 9.17) is 10.2 Å². The molecular formula is C27H23N7O3. The van der Waals surface area contributed by atoms with Crippen LogP contribution in [0.4, 0.5) is 27.8 Å². The van der Waals surface area contributed by atoms with Gasteiger partial charge in [0, 0.05) is 41.0 Å². The summed E-state index contributed by atoms with van der Waals surface area (Å²) in [6.07, 6.45) is 1.57. The van der Waals surface area contributed by atoms with Crippen LogP contribution in [0.2, 0.25) is 0 Å². The van der Waals surface area contributed by atoms with E-state index in [1.165, 1.54) is 6.92 Å². The zero-order valence-corrected chi connectivity index (χ0v) is 20.1.